The summed E-state index contributed by atoms with van der Waals surface area (Å²) in [6.07, 6.45) is 1.85. The van der Waals surface area contributed by atoms with E-state index in [2.05, 4.69) is 45.9 Å². The quantitative estimate of drug-likeness (QED) is 0.806. The molecule has 0 N–H and O–H groups in total. The predicted octanol–water partition coefficient (Wildman–Crippen LogP) is 4.38. The van der Waals surface area contributed by atoms with Crippen molar-refractivity contribution >= 4 is 0 Å². The van der Waals surface area contributed by atoms with Gasteiger partial charge in [-0.1, -0.05) is 40.2 Å². The largest absolute Gasteiger partial charge is 0.493 e. The summed E-state index contributed by atoms with van der Waals surface area (Å²) in [5, 5.41) is 0. The van der Waals surface area contributed by atoms with Crippen molar-refractivity contribution in [1.82, 2.24) is 0 Å². The highest BCUT2D eigenvalue weighted by molar-refractivity contribution is 5.42. The first kappa shape index (κ1) is 16.3. The van der Waals surface area contributed by atoms with E-state index in [1.807, 2.05) is 6.92 Å². The number of hydrogen-bond acceptors (Lipinski definition) is 3. The minimum atomic E-state index is -0.638. The lowest BCUT2D eigenvalue weighted by atomic mass is 9.84. The second-order valence-electron chi connectivity index (χ2n) is 6.59. The number of hydrogen-bond donors (Lipinski definition) is 0. The topological polar surface area (TPSA) is 27.7 Å². The third-order valence-electron chi connectivity index (χ3n) is 3.89. The Morgan fingerprint density at radius 1 is 1.14 bits per heavy atom. The monoisotopic (exact) mass is 292 g/mol. The van der Waals surface area contributed by atoms with Crippen LogP contribution < -0.4 is 4.74 Å². The van der Waals surface area contributed by atoms with Crippen LogP contribution in [-0.4, -0.2) is 19.8 Å². The molecule has 0 radical (unpaired) electrons. The van der Waals surface area contributed by atoms with Crippen LogP contribution in [0.2, 0.25) is 0 Å². The van der Waals surface area contributed by atoms with Crippen LogP contribution in [0.25, 0.3) is 0 Å². The fraction of sp³-hybridized carbons (Fsp3) is 0.667. The maximum Gasteiger partial charge on any atom is 0.198 e. The summed E-state index contributed by atoms with van der Waals surface area (Å²) >= 11 is 0. The first-order valence-electron chi connectivity index (χ1n) is 7.98. The van der Waals surface area contributed by atoms with Crippen LogP contribution >= 0.6 is 0 Å². The van der Waals surface area contributed by atoms with Gasteiger partial charge in [0.05, 0.1) is 25.4 Å². The van der Waals surface area contributed by atoms with Gasteiger partial charge in [-0.05, 0) is 30.0 Å². The predicted molar refractivity (Wildman–Crippen MR) is 84.8 cm³/mol. The van der Waals surface area contributed by atoms with E-state index in [4.69, 9.17) is 14.2 Å². The van der Waals surface area contributed by atoms with Gasteiger partial charge in [0.25, 0.3) is 0 Å². The SMILES string of the molecule is CCCC1(c2cc(C(C)(C)C)ccc2OCC)OCCO1. The molecule has 0 unspecified atom stereocenters. The van der Waals surface area contributed by atoms with E-state index in [1.165, 1.54) is 5.56 Å². The van der Waals surface area contributed by atoms with Crippen molar-refractivity contribution in [3.8, 4) is 5.75 Å². The molecule has 3 heteroatoms. The molecule has 1 aromatic carbocycles. The second-order valence-corrected chi connectivity index (χ2v) is 6.59. The summed E-state index contributed by atoms with van der Waals surface area (Å²) in [4.78, 5) is 0. The van der Waals surface area contributed by atoms with Crippen molar-refractivity contribution in [2.24, 2.45) is 0 Å². The molecule has 3 nitrogen and oxygen atoms in total. The first-order valence-corrected chi connectivity index (χ1v) is 7.98. The summed E-state index contributed by atoms with van der Waals surface area (Å²) < 4.78 is 17.9. The van der Waals surface area contributed by atoms with Gasteiger partial charge in [0.2, 0.25) is 0 Å². The van der Waals surface area contributed by atoms with Gasteiger partial charge in [0, 0.05) is 6.42 Å². The minimum Gasteiger partial charge on any atom is -0.493 e. The van der Waals surface area contributed by atoms with Crippen LogP contribution in [0.5, 0.6) is 5.75 Å². The van der Waals surface area contributed by atoms with Gasteiger partial charge in [-0.2, -0.15) is 0 Å². The van der Waals surface area contributed by atoms with E-state index in [1.54, 1.807) is 0 Å². The highest BCUT2D eigenvalue weighted by Gasteiger charge is 2.40. The lowest BCUT2D eigenvalue weighted by molar-refractivity contribution is -0.172. The molecule has 1 saturated heterocycles. The van der Waals surface area contributed by atoms with Gasteiger partial charge in [0.15, 0.2) is 5.79 Å². The van der Waals surface area contributed by atoms with Crippen LogP contribution in [0.1, 0.15) is 58.6 Å². The smallest absolute Gasteiger partial charge is 0.198 e. The van der Waals surface area contributed by atoms with Crippen LogP contribution in [0, 0.1) is 0 Å². The Morgan fingerprint density at radius 3 is 2.33 bits per heavy atom. The van der Waals surface area contributed by atoms with Gasteiger partial charge in [-0.15, -0.1) is 0 Å². The average Bonchev–Trinajstić information content (AvgIpc) is 2.88. The zero-order chi connectivity index (χ0) is 15.5. The first-order chi connectivity index (χ1) is 9.93. The lowest BCUT2D eigenvalue weighted by Gasteiger charge is -2.31. The number of rotatable bonds is 5. The van der Waals surface area contributed by atoms with E-state index < -0.39 is 5.79 Å². The van der Waals surface area contributed by atoms with Crippen molar-refractivity contribution < 1.29 is 14.2 Å². The van der Waals surface area contributed by atoms with Gasteiger partial charge >= 0.3 is 0 Å². The molecule has 1 aliphatic heterocycles. The highest BCUT2D eigenvalue weighted by atomic mass is 16.7. The fourth-order valence-corrected chi connectivity index (χ4v) is 2.79. The molecule has 118 valence electrons. The van der Waals surface area contributed by atoms with E-state index in [0.717, 1.165) is 24.2 Å². The van der Waals surface area contributed by atoms with Crippen LogP contribution in [0.3, 0.4) is 0 Å². The molecule has 0 spiro atoms. The van der Waals surface area contributed by atoms with Crippen LogP contribution in [0.15, 0.2) is 18.2 Å². The molecule has 0 aromatic heterocycles. The molecule has 1 heterocycles. The molecule has 0 bridgehead atoms. The summed E-state index contributed by atoms with van der Waals surface area (Å²) in [7, 11) is 0. The Kier molecular flexibility index (Phi) is 4.95. The van der Waals surface area contributed by atoms with Crippen molar-refractivity contribution in [3.63, 3.8) is 0 Å². The number of benzene rings is 1. The molecule has 1 fully saturated rings. The van der Waals surface area contributed by atoms with E-state index in [-0.39, 0.29) is 5.41 Å². The maximum atomic E-state index is 6.02. The third-order valence-corrected chi connectivity index (χ3v) is 3.89. The molecule has 0 aliphatic carbocycles. The molecular weight excluding hydrogens is 264 g/mol. The Morgan fingerprint density at radius 2 is 1.81 bits per heavy atom. The van der Waals surface area contributed by atoms with Crippen molar-refractivity contribution in [3.05, 3.63) is 29.3 Å². The Hall–Kier alpha value is -1.06. The number of ether oxygens (including phenoxy) is 3. The van der Waals surface area contributed by atoms with Gasteiger partial charge in [-0.25, -0.2) is 0 Å². The second kappa shape index (κ2) is 6.37. The highest BCUT2D eigenvalue weighted by Crippen LogP contribution is 2.42. The molecule has 2 rings (SSSR count). The zero-order valence-corrected chi connectivity index (χ0v) is 14.0. The minimum absolute atomic E-state index is 0.0888. The Bertz CT molecular complexity index is 468. The average molecular weight is 292 g/mol. The van der Waals surface area contributed by atoms with Gasteiger partial charge in [-0.3, -0.25) is 0 Å². The molecular formula is C18H28O3. The molecule has 0 amide bonds. The molecule has 0 saturated carbocycles. The fourth-order valence-electron chi connectivity index (χ4n) is 2.79. The van der Waals surface area contributed by atoms with Gasteiger partial charge < -0.3 is 14.2 Å². The van der Waals surface area contributed by atoms with E-state index >= 15 is 0 Å². The molecule has 1 aromatic rings. The van der Waals surface area contributed by atoms with E-state index in [0.29, 0.717) is 19.8 Å². The normalized spacial score (nSPS) is 18.0. The summed E-state index contributed by atoms with van der Waals surface area (Å²) in [6, 6.07) is 6.40. The van der Waals surface area contributed by atoms with Crippen molar-refractivity contribution in [2.45, 2.75) is 58.7 Å². The summed E-state index contributed by atoms with van der Waals surface area (Å²) in [5.41, 5.74) is 2.40. The molecule has 21 heavy (non-hydrogen) atoms. The molecule has 1 aliphatic rings. The van der Waals surface area contributed by atoms with E-state index in [9.17, 15) is 0 Å². The van der Waals surface area contributed by atoms with Gasteiger partial charge in [0.1, 0.15) is 5.75 Å². The Balaban J connectivity index is 2.51. The summed E-state index contributed by atoms with van der Waals surface area (Å²) in [5.74, 6) is 0.237. The standard InChI is InChI=1S/C18H28O3/c1-6-10-18(20-11-12-21-18)15-13-14(17(3,4)5)8-9-16(15)19-7-2/h8-9,13H,6-7,10-12H2,1-5H3. The maximum absolute atomic E-state index is 6.02. The third kappa shape index (κ3) is 3.41. The lowest BCUT2D eigenvalue weighted by Crippen LogP contribution is -2.28. The zero-order valence-electron chi connectivity index (χ0n) is 14.0. The van der Waals surface area contributed by atoms with Crippen molar-refractivity contribution in [2.75, 3.05) is 19.8 Å². The molecule has 0 atom stereocenters. The Labute approximate surface area is 128 Å². The van der Waals surface area contributed by atoms with Crippen molar-refractivity contribution in [1.29, 1.82) is 0 Å². The van der Waals surface area contributed by atoms with Crippen LogP contribution in [-0.2, 0) is 20.7 Å². The summed E-state index contributed by atoms with van der Waals surface area (Å²) in [6.45, 7) is 12.7. The van der Waals surface area contributed by atoms with Crippen LogP contribution in [0.4, 0.5) is 0 Å².